The van der Waals surface area contributed by atoms with E-state index in [-0.39, 0.29) is 6.29 Å². The Morgan fingerprint density at radius 3 is 2.85 bits per heavy atom. The molecule has 0 aliphatic carbocycles. The monoisotopic (exact) mass is 297 g/mol. The zero-order valence-electron chi connectivity index (χ0n) is 12.5. The van der Waals surface area contributed by atoms with Gasteiger partial charge in [0.2, 0.25) is 0 Å². The van der Waals surface area contributed by atoms with Gasteiger partial charge in [0, 0.05) is 24.1 Å². The molecule has 1 unspecified atom stereocenters. The number of nitrogens with zero attached hydrogens (tertiary/aromatic N) is 1. The van der Waals surface area contributed by atoms with Crippen LogP contribution in [-0.4, -0.2) is 11.3 Å². The van der Waals surface area contributed by atoms with Gasteiger partial charge in [0.25, 0.3) is 0 Å². The quantitative estimate of drug-likeness (QED) is 0.539. The molecule has 20 heavy (non-hydrogen) atoms. The normalized spacial score (nSPS) is 17.6. The van der Waals surface area contributed by atoms with Gasteiger partial charge in [-0.2, -0.15) is 0 Å². The molecular weight excluding hydrogens is 274 g/mol. The fraction of sp³-hybridized carbons (Fsp3) is 0.688. The highest BCUT2D eigenvalue weighted by molar-refractivity contribution is 6.17. The molecule has 0 spiro atoms. The summed E-state index contributed by atoms with van der Waals surface area (Å²) in [5.41, 5.74) is 3.00. The number of unbranched alkanes of at least 4 members (excludes halogenated alkanes) is 4. The molecule has 1 aromatic heterocycles. The molecule has 112 valence electrons. The van der Waals surface area contributed by atoms with Gasteiger partial charge < -0.3 is 9.47 Å². The summed E-state index contributed by atoms with van der Waals surface area (Å²) in [5, 5.41) is 0. The van der Waals surface area contributed by atoms with Gasteiger partial charge in [-0.3, -0.25) is 4.98 Å². The predicted molar refractivity (Wildman–Crippen MR) is 81.1 cm³/mol. The van der Waals surface area contributed by atoms with Crippen molar-refractivity contribution >= 4 is 11.6 Å². The summed E-state index contributed by atoms with van der Waals surface area (Å²) >= 11 is 5.93. The third kappa shape index (κ3) is 3.86. The maximum absolute atomic E-state index is 5.97. The van der Waals surface area contributed by atoms with E-state index in [1.165, 1.54) is 25.7 Å². The van der Waals surface area contributed by atoms with Crippen LogP contribution in [0, 0.1) is 6.92 Å². The first-order valence-corrected chi connectivity index (χ1v) is 8.11. The van der Waals surface area contributed by atoms with Crippen molar-refractivity contribution in [1.82, 2.24) is 4.98 Å². The molecule has 2 rings (SSSR count). The van der Waals surface area contributed by atoms with Crippen LogP contribution in [0.25, 0.3) is 0 Å². The van der Waals surface area contributed by atoms with Gasteiger partial charge in [-0.15, -0.1) is 11.6 Å². The highest BCUT2D eigenvalue weighted by Crippen LogP contribution is 2.33. The lowest BCUT2D eigenvalue weighted by molar-refractivity contribution is -0.113. The molecule has 0 N–H and O–H groups in total. The molecule has 1 aromatic rings. The second-order valence-corrected chi connectivity index (χ2v) is 5.64. The molecule has 1 aliphatic rings. The molecule has 0 saturated carbocycles. The van der Waals surface area contributed by atoms with Gasteiger partial charge in [-0.25, -0.2) is 0 Å². The van der Waals surface area contributed by atoms with E-state index < -0.39 is 0 Å². The van der Waals surface area contributed by atoms with Crippen LogP contribution < -0.4 is 4.74 Å². The van der Waals surface area contributed by atoms with Crippen molar-refractivity contribution in [2.24, 2.45) is 0 Å². The molecule has 1 aliphatic heterocycles. The Bertz CT molecular complexity index is 437. The van der Waals surface area contributed by atoms with Gasteiger partial charge in [-0.05, 0) is 18.9 Å². The summed E-state index contributed by atoms with van der Waals surface area (Å²) in [6, 6.07) is 0. The van der Waals surface area contributed by atoms with Crippen LogP contribution in [0.4, 0.5) is 0 Å². The van der Waals surface area contributed by atoms with Gasteiger partial charge in [0.1, 0.15) is 5.75 Å². The number of fused-ring (bicyclic) bond motifs is 1. The number of halogens is 1. The van der Waals surface area contributed by atoms with Gasteiger partial charge >= 0.3 is 0 Å². The van der Waals surface area contributed by atoms with E-state index in [4.69, 9.17) is 21.1 Å². The fourth-order valence-corrected chi connectivity index (χ4v) is 2.73. The first-order valence-electron chi connectivity index (χ1n) is 7.57. The van der Waals surface area contributed by atoms with Crippen molar-refractivity contribution in [2.75, 3.05) is 0 Å². The summed E-state index contributed by atoms with van der Waals surface area (Å²) in [4.78, 5) is 4.35. The topological polar surface area (TPSA) is 31.4 Å². The van der Waals surface area contributed by atoms with E-state index in [2.05, 4.69) is 11.9 Å². The summed E-state index contributed by atoms with van der Waals surface area (Å²) in [6.45, 7) is 4.79. The molecular formula is C16H24ClNO2. The largest absolute Gasteiger partial charge is 0.463 e. The molecule has 0 saturated heterocycles. The number of hydrogen-bond acceptors (Lipinski definition) is 3. The lowest BCUT2D eigenvalue weighted by Crippen LogP contribution is -2.27. The summed E-state index contributed by atoms with van der Waals surface area (Å²) in [7, 11) is 0. The molecule has 4 heteroatoms. The second kappa shape index (κ2) is 7.84. The third-order valence-corrected chi connectivity index (χ3v) is 4.04. The van der Waals surface area contributed by atoms with E-state index >= 15 is 0 Å². The maximum Gasteiger partial charge on any atom is 0.200 e. The van der Waals surface area contributed by atoms with E-state index in [9.17, 15) is 0 Å². The molecule has 0 fully saturated rings. The van der Waals surface area contributed by atoms with Crippen molar-refractivity contribution < 1.29 is 9.47 Å². The minimum Gasteiger partial charge on any atom is -0.463 e. The minimum atomic E-state index is -0.129. The van der Waals surface area contributed by atoms with Crippen LogP contribution >= 0.6 is 11.6 Å². The van der Waals surface area contributed by atoms with Crippen LogP contribution in [-0.2, 0) is 17.2 Å². The average molecular weight is 298 g/mol. The smallest absolute Gasteiger partial charge is 0.200 e. The number of hydrogen-bond donors (Lipinski definition) is 0. The van der Waals surface area contributed by atoms with Crippen LogP contribution in [0.5, 0.6) is 5.75 Å². The zero-order chi connectivity index (χ0) is 14.4. The number of ether oxygens (including phenoxy) is 2. The van der Waals surface area contributed by atoms with Gasteiger partial charge in [-0.1, -0.05) is 32.6 Å². The second-order valence-electron chi connectivity index (χ2n) is 5.37. The van der Waals surface area contributed by atoms with Crippen LogP contribution in [0.2, 0.25) is 0 Å². The van der Waals surface area contributed by atoms with Crippen LogP contribution in [0.1, 0.15) is 62.3 Å². The number of alkyl halides is 1. The first kappa shape index (κ1) is 15.6. The van der Waals surface area contributed by atoms with Crippen molar-refractivity contribution in [2.45, 2.75) is 71.1 Å². The van der Waals surface area contributed by atoms with Gasteiger partial charge in [0.05, 0.1) is 12.3 Å². The SMILES string of the molecule is CCCCCCCC1OCc2c(CCl)cnc(C)c2O1. The molecule has 0 amide bonds. The number of aromatic nitrogens is 1. The molecule has 2 heterocycles. The van der Waals surface area contributed by atoms with E-state index in [0.29, 0.717) is 12.5 Å². The Morgan fingerprint density at radius 1 is 1.30 bits per heavy atom. The van der Waals surface area contributed by atoms with Crippen LogP contribution in [0.15, 0.2) is 6.20 Å². The first-order chi connectivity index (χ1) is 9.76. The highest BCUT2D eigenvalue weighted by Gasteiger charge is 2.24. The number of aryl methyl sites for hydroxylation is 1. The Kier molecular flexibility index (Phi) is 6.11. The molecule has 0 bridgehead atoms. The van der Waals surface area contributed by atoms with E-state index in [1.807, 2.05) is 13.1 Å². The maximum atomic E-state index is 5.97. The number of rotatable bonds is 7. The number of pyridine rings is 1. The van der Waals surface area contributed by atoms with Crippen molar-refractivity contribution in [3.8, 4) is 5.75 Å². The Labute approximate surface area is 126 Å². The molecule has 1 atom stereocenters. The molecule has 3 nitrogen and oxygen atoms in total. The molecule has 0 aromatic carbocycles. The van der Waals surface area contributed by atoms with Crippen molar-refractivity contribution in [3.05, 3.63) is 23.0 Å². The van der Waals surface area contributed by atoms with Gasteiger partial charge in [0.15, 0.2) is 6.29 Å². The average Bonchev–Trinajstić information content (AvgIpc) is 2.48. The zero-order valence-corrected chi connectivity index (χ0v) is 13.2. The summed E-state index contributed by atoms with van der Waals surface area (Å²) < 4.78 is 11.8. The van der Waals surface area contributed by atoms with E-state index in [0.717, 1.165) is 35.4 Å². The van der Waals surface area contributed by atoms with Crippen molar-refractivity contribution in [3.63, 3.8) is 0 Å². The van der Waals surface area contributed by atoms with Crippen LogP contribution in [0.3, 0.4) is 0 Å². The summed E-state index contributed by atoms with van der Waals surface area (Å²) in [6.07, 6.45) is 8.94. The fourth-order valence-electron chi connectivity index (χ4n) is 2.50. The standard InChI is InChI=1S/C16H24ClNO2/c1-3-4-5-6-7-8-15-19-11-14-13(9-17)10-18-12(2)16(14)20-15/h10,15H,3-9,11H2,1-2H3. The van der Waals surface area contributed by atoms with Crippen molar-refractivity contribution in [1.29, 1.82) is 0 Å². The summed E-state index contributed by atoms with van der Waals surface area (Å²) in [5.74, 6) is 1.33. The predicted octanol–water partition coefficient (Wildman–Crippen LogP) is 4.72. The van der Waals surface area contributed by atoms with E-state index in [1.54, 1.807) is 0 Å². The Morgan fingerprint density at radius 2 is 2.10 bits per heavy atom. The highest BCUT2D eigenvalue weighted by atomic mass is 35.5. The lowest BCUT2D eigenvalue weighted by atomic mass is 10.1. The lowest BCUT2D eigenvalue weighted by Gasteiger charge is -2.28. The Hall–Kier alpha value is -0.800. The third-order valence-electron chi connectivity index (χ3n) is 3.75. The minimum absolute atomic E-state index is 0.129. The Balaban J connectivity index is 1.90. The molecule has 0 radical (unpaired) electrons.